The number of hydrogen-bond acceptors (Lipinski definition) is 5. The molecule has 0 aliphatic carbocycles. The van der Waals surface area contributed by atoms with Crippen molar-refractivity contribution in [1.29, 1.82) is 0 Å². The third kappa shape index (κ3) is 5.99. The van der Waals surface area contributed by atoms with Gasteiger partial charge < -0.3 is 10.1 Å². The van der Waals surface area contributed by atoms with Gasteiger partial charge in [-0.2, -0.15) is 0 Å². The molecule has 0 atom stereocenters. The lowest BCUT2D eigenvalue weighted by Gasteiger charge is -2.10. The van der Waals surface area contributed by atoms with E-state index in [-0.39, 0.29) is 23.2 Å². The van der Waals surface area contributed by atoms with E-state index < -0.39 is 5.25 Å². The minimum atomic E-state index is -0.768. The zero-order chi connectivity index (χ0) is 15.8. The van der Waals surface area contributed by atoms with Gasteiger partial charge >= 0.3 is 0 Å². The third-order valence-corrected chi connectivity index (χ3v) is 3.99. The molecule has 114 valence electrons. The van der Waals surface area contributed by atoms with E-state index in [2.05, 4.69) is 5.32 Å². The maximum Gasteiger partial charge on any atom is 0.234 e. The van der Waals surface area contributed by atoms with Crippen LogP contribution in [0.15, 0.2) is 24.3 Å². The molecule has 0 radical (unpaired) electrons. The van der Waals surface area contributed by atoms with Gasteiger partial charge in [0.05, 0.1) is 12.4 Å². The maximum absolute atomic E-state index is 11.8. The van der Waals surface area contributed by atoms with Crippen molar-refractivity contribution < 1.29 is 19.1 Å². The van der Waals surface area contributed by atoms with Gasteiger partial charge in [-0.3, -0.25) is 14.4 Å². The summed E-state index contributed by atoms with van der Waals surface area (Å²) in [5, 5.41) is 1.94. The van der Waals surface area contributed by atoms with Crippen molar-refractivity contribution in [3.05, 3.63) is 24.3 Å². The minimum Gasteiger partial charge on any atom is -0.494 e. The monoisotopic (exact) mass is 309 g/mol. The van der Waals surface area contributed by atoms with Gasteiger partial charge in [0.15, 0.2) is 0 Å². The number of amides is 1. The standard InChI is InChI=1S/C15H19NO4S/c1-4-20-13-7-5-12(6-8-13)16-14(19)9-21-15(10(2)17)11(3)18/h5-8,15H,4,9H2,1-3H3,(H,16,19). The second kappa shape index (κ2) is 8.46. The van der Waals surface area contributed by atoms with Crippen LogP contribution in [-0.2, 0) is 14.4 Å². The first-order valence-electron chi connectivity index (χ1n) is 6.59. The maximum atomic E-state index is 11.8. The van der Waals surface area contributed by atoms with Gasteiger partial charge in [0, 0.05) is 5.69 Å². The van der Waals surface area contributed by atoms with E-state index in [9.17, 15) is 14.4 Å². The highest BCUT2D eigenvalue weighted by Gasteiger charge is 2.21. The molecule has 0 spiro atoms. The number of benzene rings is 1. The van der Waals surface area contributed by atoms with E-state index in [4.69, 9.17) is 4.74 Å². The van der Waals surface area contributed by atoms with Gasteiger partial charge in [-0.25, -0.2) is 0 Å². The van der Waals surface area contributed by atoms with Crippen LogP contribution in [0, 0.1) is 0 Å². The van der Waals surface area contributed by atoms with Crippen molar-refractivity contribution in [2.75, 3.05) is 17.7 Å². The molecule has 1 aromatic rings. The number of thioether (sulfide) groups is 1. The molecule has 1 N–H and O–H groups in total. The molecule has 0 bridgehead atoms. The fraction of sp³-hybridized carbons (Fsp3) is 0.400. The number of Topliss-reactive ketones (excluding diaryl/α,β-unsaturated/α-hetero) is 2. The highest BCUT2D eigenvalue weighted by atomic mass is 32.2. The van der Waals surface area contributed by atoms with Crippen LogP contribution < -0.4 is 10.1 Å². The molecule has 0 heterocycles. The van der Waals surface area contributed by atoms with Crippen molar-refractivity contribution in [2.24, 2.45) is 0 Å². The molecule has 0 saturated heterocycles. The number of hydrogen-bond donors (Lipinski definition) is 1. The number of rotatable bonds is 8. The molecule has 1 rings (SSSR count). The normalized spacial score (nSPS) is 10.3. The lowest BCUT2D eigenvalue weighted by Crippen LogP contribution is -2.25. The molecule has 0 saturated carbocycles. The second-order valence-electron chi connectivity index (χ2n) is 4.42. The van der Waals surface area contributed by atoms with Crippen LogP contribution in [0.4, 0.5) is 5.69 Å². The molecule has 0 fully saturated rings. The Hall–Kier alpha value is -1.82. The summed E-state index contributed by atoms with van der Waals surface area (Å²) < 4.78 is 5.31. The van der Waals surface area contributed by atoms with E-state index in [0.29, 0.717) is 12.3 Å². The van der Waals surface area contributed by atoms with Gasteiger partial charge in [0.25, 0.3) is 0 Å². The van der Waals surface area contributed by atoms with E-state index in [1.165, 1.54) is 13.8 Å². The highest BCUT2D eigenvalue weighted by molar-refractivity contribution is 8.02. The summed E-state index contributed by atoms with van der Waals surface area (Å²) in [5.74, 6) is 0.0642. The number of nitrogens with one attached hydrogen (secondary N) is 1. The fourth-order valence-electron chi connectivity index (χ4n) is 1.68. The van der Waals surface area contributed by atoms with Gasteiger partial charge in [0.2, 0.25) is 5.91 Å². The molecule has 1 aromatic carbocycles. The van der Waals surface area contributed by atoms with Crippen LogP contribution >= 0.6 is 11.8 Å². The molecular weight excluding hydrogens is 290 g/mol. The number of carbonyl (C=O) groups excluding carboxylic acids is 3. The number of carbonyl (C=O) groups is 3. The lowest BCUT2D eigenvalue weighted by atomic mass is 10.2. The van der Waals surface area contributed by atoms with Crippen molar-refractivity contribution in [3.8, 4) is 5.75 Å². The highest BCUT2D eigenvalue weighted by Crippen LogP contribution is 2.17. The summed E-state index contributed by atoms with van der Waals surface area (Å²) in [6.45, 7) is 5.18. The van der Waals surface area contributed by atoms with Crippen molar-refractivity contribution in [3.63, 3.8) is 0 Å². The predicted molar refractivity (Wildman–Crippen MR) is 83.8 cm³/mol. The molecule has 0 aliphatic heterocycles. The molecule has 0 aromatic heterocycles. The van der Waals surface area contributed by atoms with Crippen LogP contribution in [0.5, 0.6) is 5.75 Å². The second-order valence-corrected chi connectivity index (χ2v) is 5.51. The Bertz CT molecular complexity index is 499. The Labute approximate surface area is 128 Å². The minimum absolute atomic E-state index is 0.0526. The zero-order valence-corrected chi connectivity index (χ0v) is 13.2. The van der Waals surface area contributed by atoms with Crippen LogP contribution in [-0.4, -0.2) is 35.1 Å². The van der Waals surface area contributed by atoms with E-state index in [1.807, 2.05) is 6.92 Å². The van der Waals surface area contributed by atoms with Gasteiger partial charge in [0.1, 0.15) is 22.6 Å². The largest absolute Gasteiger partial charge is 0.494 e. The number of ether oxygens (including phenoxy) is 1. The molecule has 5 nitrogen and oxygen atoms in total. The van der Waals surface area contributed by atoms with E-state index in [0.717, 1.165) is 17.5 Å². The summed E-state index contributed by atoms with van der Waals surface area (Å²) in [7, 11) is 0. The van der Waals surface area contributed by atoms with Crippen molar-refractivity contribution in [2.45, 2.75) is 26.0 Å². The zero-order valence-electron chi connectivity index (χ0n) is 12.3. The third-order valence-electron chi connectivity index (χ3n) is 2.57. The van der Waals surface area contributed by atoms with Crippen LogP contribution in [0.1, 0.15) is 20.8 Å². The number of anilines is 1. The molecule has 6 heteroatoms. The van der Waals surface area contributed by atoms with Crippen LogP contribution in [0.3, 0.4) is 0 Å². The SMILES string of the molecule is CCOc1ccc(NC(=O)CSC(C(C)=O)C(C)=O)cc1. The molecule has 0 aliphatic rings. The van der Waals surface area contributed by atoms with Crippen molar-refractivity contribution in [1.82, 2.24) is 0 Å². The molecule has 0 unspecified atom stereocenters. The predicted octanol–water partition coefficient (Wildman–Crippen LogP) is 2.30. The topological polar surface area (TPSA) is 72.5 Å². The number of ketones is 2. The Morgan fingerprint density at radius 2 is 1.71 bits per heavy atom. The van der Waals surface area contributed by atoms with Gasteiger partial charge in [-0.05, 0) is 45.0 Å². The summed E-state index contributed by atoms with van der Waals surface area (Å²) in [5.41, 5.74) is 0.645. The Morgan fingerprint density at radius 1 is 1.14 bits per heavy atom. The summed E-state index contributed by atoms with van der Waals surface area (Å²) in [6, 6.07) is 7.00. The summed E-state index contributed by atoms with van der Waals surface area (Å²) in [4.78, 5) is 34.3. The quantitative estimate of drug-likeness (QED) is 0.746. The Morgan fingerprint density at radius 3 is 2.19 bits per heavy atom. The lowest BCUT2D eigenvalue weighted by molar-refractivity contribution is -0.123. The summed E-state index contributed by atoms with van der Waals surface area (Å²) in [6.07, 6.45) is 0. The van der Waals surface area contributed by atoms with E-state index >= 15 is 0 Å². The first-order chi connectivity index (χ1) is 9.93. The van der Waals surface area contributed by atoms with Gasteiger partial charge in [-0.1, -0.05) is 0 Å². The van der Waals surface area contributed by atoms with Crippen molar-refractivity contribution >= 4 is 34.9 Å². The van der Waals surface area contributed by atoms with Crippen LogP contribution in [0.2, 0.25) is 0 Å². The Kier molecular flexibility index (Phi) is 6.94. The molecule has 1 amide bonds. The smallest absolute Gasteiger partial charge is 0.234 e. The average molecular weight is 309 g/mol. The summed E-state index contributed by atoms with van der Waals surface area (Å²) >= 11 is 1.04. The first kappa shape index (κ1) is 17.2. The van der Waals surface area contributed by atoms with Crippen LogP contribution in [0.25, 0.3) is 0 Å². The Balaban J connectivity index is 2.49. The molecular formula is C15H19NO4S. The molecule has 21 heavy (non-hydrogen) atoms. The van der Waals surface area contributed by atoms with E-state index in [1.54, 1.807) is 24.3 Å². The first-order valence-corrected chi connectivity index (χ1v) is 7.64. The van der Waals surface area contributed by atoms with Gasteiger partial charge in [-0.15, -0.1) is 11.8 Å². The fourth-order valence-corrected chi connectivity index (χ4v) is 2.54. The average Bonchev–Trinajstić information content (AvgIpc) is 2.40.